The summed E-state index contributed by atoms with van der Waals surface area (Å²) in [5.41, 5.74) is 3.51. The van der Waals surface area contributed by atoms with Gasteiger partial charge in [-0.1, -0.05) is 29.3 Å². The number of benzene rings is 2. The van der Waals surface area contributed by atoms with Crippen molar-refractivity contribution in [3.8, 4) is 22.9 Å². The first kappa shape index (κ1) is 21.8. The summed E-state index contributed by atoms with van der Waals surface area (Å²) in [4.78, 5) is 18.5. The Balaban J connectivity index is 1.20. The molecule has 0 N–H and O–H groups in total. The first-order chi connectivity index (χ1) is 16.0. The first-order valence-electron chi connectivity index (χ1n) is 10.8. The van der Waals surface area contributed by atoms with Crippen molar-refractivity contribution in [1.82, 2.24) is 20.0 Å². The van der Waals surface area contributed by atoms with Crippen LogP contribution in [-0.2, 0) is 6.54 Å². The highest BCUT2D eigenvalue weighted by Crippen LogP contribution is 2.25. The topological polar surface area (TPSA) is 62.5 Å². The molecule has 3 heterocycles. The predicted octanol–water partition coefficient (Wildman–Crippen LogP) is 5.38. The monoisotopic (exact) mass is 478 g/mol. The lowest BCUT2D eigenvalue weighted by molar-refractivity contribution is 0.0629. The van der Waals surface area contributed by atoms with Gasteiger partial charge in [0.2, 0.25) is 11.8 Å². The Morgan fingerprint density at radius 2 is 1.52 bits per heavy atom. The van der Waals surface area contributed by atoms with E-state index in [-0.39, 0.29) is 5.91 Å². The standard InChI is InChI=1S/C25H23ClN4O2S/c1-17-2-4-18(5-3-17)23-27-28-24(32-23)19-6-8-20(9-7-19)25(31)30-14-12-29(13-15-30)16-21-10-11-22(26)33-21/h2-11H,12-16H2,1H3. The predicted molar refractivity (Wildman–Crippen MR) is 130 cm³/mol. The molecule has 0 atom stereocenters. The molecule has 4 aromatic rings. The Morgan fingerprint density at radius 3 is 2.09 bits per heavy atom. The third-order valence-corrected chi connectivity index (χ3v) is 6.99. The number of nitrogens with zero attached hydrogens (tertiary/aromatic N) is 4. The minimum Gasteiger partial charge on any atom is -0.416 e. The van der Waals surface area contributed by atoms with Crippen LogP contribution >= 0.6 is 22.9 Å². The number of hydrogen-bond acceptors (Lipinski definition) is 6. The smallest absolute Gasteiger partial charge is 0.253 e. The van der Waals surface area contributed by atoms with Crippen LogP contribution in [0.15, 0.2) is 65.1 Å². The maximum atomic E-state index is 13.0. The molecule has 2 aromatic carbocycles. The highest BCUT2D eigenvalue weighted by Gasteiger charge is 2.22. The van der Waals surface area contributed by atoms with Gasteiger partial charge in [-0.25, -0.2) is 0 Å². The molecule has 1 aliphatic rings. The Labute approximate surface area is 201 Å². The Morgan fingerprint density at radius 1 is 0.909 bits per heavy atom. The molecule has 6 nitrogen and oxygen atoms in total. The van der Waals surface area contributed by atoms with Gasteiger partial charge in [0.1, 0.15) is 0 Å². The largest absolute Gasteiger partial charge is 0.416 e. The number of halogens is 1. The normalized spacial score (nSPS) is 14.5. The summed E-state index contributed by atoms with van der Waals surface area (Å²) < 4.78 is 6.66. The fourth-order valence-electron chi connectivity index (χ4n) is 3.86. The third kappa shape index (κ3) is 5.00. The molecular formula is C25H23ClN4O2S. The third-order valence-electron chi connectivity index (χ3n) is 5.77. The van der Waals surface area contributed by atoms with E-state index in [2.05, 4.69) is 21.2 Å². The van der Waals surface area contributed by atoms with Crippen molar-refractivity contribution >= 4 is 28.8 Å². The van der Waals surface area contributed by atoms with E-state index in [9.17, 15) is 4.79 Å². The number of aryl methyl sites for hydroxylation is 1. The fraction of sp³-hybridized carbons (Fsp3) is 0.240. The number of piperazine rings is 1. The number of thiophene rings is 1. The number of hydrogen-bond donors (Lipinski definition) is 0. The van der Waals surface area contributed by atoms with Crippen LogP contribution in [0.4, 0.5) is 0 Å². The summed E-state index contributed by atoms with van der Waals surface area (Å²) in [5.74, 6) is 0.964. The van der Waals surface area contributed by atoms with Crippen molar-refractivity contribution in [3.05, 3.63) is 81.0 Å². The second kappa shape index (κ2) is 9.47. The Kier molecular flexibility index (Phi) is 6.26. The number of carbonyl (C=O) groups excluding carboxylic acids is 1. The molecule has 168 valence electrons. The van der Waals surface area contributed by atoms with Crippen LogP contribution in [0.25, 0.3) is 22.9 Å². The number of rotatable bonds is 5. The van der Waals surface area contributed by atoms with Crippen LogP contribution in [0.1, 0.15) is 20.8 Å². The summed E-state index contributed by atoms with van der Waals surface area (Å²) in [5, 5.41) is 8.33. The van der Waals surface area contributed by atoms with Crippen molar-refractivity contribution in [3.63, 3.8) is 0 Å². The second-order valence-corrected chi connectivity index (χ2v) is 9.93. The van der Waals surface area contributed by atoms with Crippen LogP contribution in [0.3, 0.4) is 0 Å². The molecule has 1 saturated heterocycles. The molecule has 8 heteroatoms. The molecule has 0 bridgehead atoms. The van der Waals surface area contributed by atoms with E-state index in [0.29, 0.717) is 30.4 Å². The molecule has 2 aromatic heterocycles. The lowest BCUT2D eigenvalue weighted by Gasteiger charge is -2.34. The minimum absolute atomic E-state index is 0.0474. The van der Waals surface area contributed by atoms with E-state index in [0.717, 1.165) is 35.1 Å². The Hall–Kier alpha value is -3.00. The van der Waals surface area contributed by atoms with E-state index in [1.54, 1.807) is 11.3 Å². The maximum absolute atomic E-state index is 13.0. The van der Waals surface area contributed by atoms with Crippen molar-refractivity contribution in [2.24, 2.45) is 0 Å². The highest BCUT2D eigenvalue weighted by molar-refractivity contribution is 7.16. The van der Waals surface area contributed by atoms with Gasteiger partial charge in [-0.15, -0.1) is 21.5 Å². The van der Waals surface area contributed by atoms with E-state index in [1.807, 2.05) is 66.4 Å². The zero-order chi connectivity index (χ0) is 22.8. The molecule has 5 rings (SSSR count). The van der Waals surface area contributed by atoms with E-state index in [1.165, 1.54) is 10.4 Å². The SMILES string of the molecule is Cc1ccc(-c2nnc(-c3ccc(C(=O)N4CCN(Cc5ccc(Cl)s5)CC4)cc3)o2)cc1. The summed E-state index contributed by atoms with van der Waals surface area (Å²) in [7, 11) is 0. The summed E-state index contributed by atoms with van der Waals surface area (Å²) in [6.07, 6.45) is 0. The Bertz CT molecular complexity index is 1240. The average molecular weight is 479 g/mol. The molecule has 1 amide bonds. The molecule has 0 radical (unpaired) electrons. The van der Waals surface area contributed by atoms with Crippen molar-refractivity contribution in [2.75, 3.05) is 26.2 Å². The van der Waals surface area contributed by atoms with E-state index >= 15 is 0 Å². The van der Waals surface area contributed by atoms with Crippen molar-refractivity contribution in [2.45, 2.75) is 13.5 Å². The van der Waals surface area contributed by atoms with Crippen LogP contribution < -0.4 is 0 Å². The minimum atomic E-state index is 0.0474. The van der Waals surface area contributed by atoms with Gasteiger partial charge < -0.3 is 9.32 Å². The second-order valence-electron chi connectivity index (χ2n) is 8.13. The van der Waals surface area contributed by atoms with Crippen LogP contribution in [0.2, 0.25) is 4.34 Å². The van der Waals surface area contributed by atoms with Crippen LogP contribution in [-0.4, -0.2) is 52.1 Å². The lowest BCUT2D eigenvalue weighted by Crippen LogP contribution is -2.48. The molecule has 0 saturated carbocycles. The number of amides is 1. The van der Waals surface area contributed by atoms with Gasteiger partial charge in [0.15, 0.2) is 0 Å². The van der Waals surface area contributed by atoms with Crippen LogP contribution in [0.5, 0.6) is 0 Å². The quantitative estimate of drug-likeness (QED) is 0.385. The molecule has 0 unspecified atom stereocenters. The zero-order valence-electron chi connectivity index (χ0n) is 18.2. The molecule has 33 heavy (non-hydrogen) atoms. The molecule has 1 aliphatic heterocycles. The van der Waals surface area contributed by atoms with Gasteiger partial charge in [0, 0.05) is 54.3 Å². The lowest BCUT2D eigenvalue weighted by atomic mass is 10.1. The zero-order valence-corrected chi connectivity index (χ0v) is 19.8. The first-order valence-corrected chi connectivity index (χ1v) is 12.0. The van der Waals surface area contributed by atoms with Crippen molar-refractivity contribution in [1.29, 1.82) is 0 Å². The molecule has 0 spiro atoms. The van der Waals surface area contributed by atoms with Gasteiger partial charge in [-0.2, -0.15) is 0 Å². The van der Waals surface area contributed by atoms with Crippen molar-refractivity contribution < 1.29 is 9.21 Å². The summed E-state index contributed by atoms with van der Waals surface area (Å²) >= 11 is 7.64. The fourth-order valence-corrected chi connectivity index (χ4v) is 4.99. The number of carbonyl (C=O) groups is 1. The number of aromatic nitrogens is 2. The van der Waals surface area contributed by atoms with Gasteiger partial charge in [-0.3, -0.25) is 9.69 Å². The van der Waals surface area contributed by atoms with Gasteiger partial charge in [-0.05, 0) is 55.5 Å². The van der Waals surface area contributed by atoms with E-state index < -0.39 is 0 Å². The van der Waals surface area contributed by atoms with Gasteiger partial charge in [0.25, 0.3) is 5.91 Å². The molecular weight excluding hydrogens is 456 g/mol. The van der Waals surface area contributed by atoms with Gasteiger partial charge >= 0.3 is 0 Å². The summed E-state index contributed by atoms with van der Waals surface area (Å²) in [6, 6.07) is 19.3. The molecule has 0 aliphatic carbocycles. The molecule has 1 fully saturated rings. The van der Waals surface area contributed by atoms with E-state index in [4.69, 9.17) is 16.0 Å². The maximum Gasteiger partial charge on any atom is 0.253 e. The van der Waals surface area contributed by atoms with Gasteiger partial charge in [0.05, 0.1) is 4.34 Å². The average Bonchev–Trinajstić information content (AvgIpc) is 3.49. The summed E-state index contributed by atoms with van der Waals surface area (Å²) in [6.45, 7) is 6.04. The van der Waals surface area contributed by atoms with Crippen LogP contribution in [0, 0.1) is 6.92 Å². The highest BCUT2D eigenvalue weighted by atomic mass is 35.5.